The first-order valence-corrected chi connectivity index (χ1v) is 9.15. The fourth-order valence-electron chi connectivity index (χ4n) is 4.53. The average Bonchev–Trinajstić information content (AvgIpc) is 3.01. The Balaban J connectivity index is 0.00000196. The predicted octanol–water partition coefficient (Wildman–Crippen LogP) is 3.09. The van der Waals surface area contributed by atoms with Gasteiger partial charge < -0.3 is 11.1 Å². The van der Waals surface area contributed by atoms with Crippen molar-refractivity contribution in [3.63, 3.8) is 0 Å². The molecular formula is C19H26ClN5O. The summed E-state index contributed by atoms with van der Waals surface area (Å²) >= 11 is 0. The van der Waals surface area contributed by atoms with E-state index in [0.29, 0.717) is 11.8 Å². The maximum Gasteiger partial charge on any atom is 0.227 e. The van der Waals surface area contributed by atoms with Crippen molar-refractivity contribution in [2.45, 2.75) is 45.1 Å². The van der Waals surface area contributed by atoms with Crippen LogP contribution >= 0.6 is 12.4 Å². The van der Waals surface area contributed by atoms with E-state index in [0.717, 1.165) is 30.0 Å². The van der Waals surface area contributed by atoms with Crippen molar-refractivity contribution < 1.29 is 4.79 Å². The van der Waals surface area contributed by atoms with Gasteiger partial charge in [-0.05, 0) is 62.6 Å². The molecule has 0 radical (unpaired) electrons. The fraction of sp³-hybridized carbons (Fsp3) is 0.526. The van der Waals surface area contributed by atoms with E-state index < -0.39 is 0 Å². The van der Waals surface area contributed by atoms with Crippen molar-refractivity contribution in [3.05, 3.63) is 36.4 Å². The van der Waals surface area contributed by atoms with Gasteiger partial charge in [-0.15, -0.1) is 22.6 Å². The molecule has 2 fully saturated rings. The molecule has 2 saturated carbocycles. The molecule has 2 unspecified atom stereocenters. The van der Waals surface area contributed by atoms with Crippen LogP contribution in [0.2, 0.25) is 0 Å². The second-order valence-corrected chi connectivity index (χ2v) is 7.48. The zero-order valence-corrected chi connectivity index (χ0v) is 15.8. The summed E-state index contributed by atoms with van der Waals surface area (Å²) in [5, 5.41) is 11.0. The summed E-state index contributed by atoms with van der Waals surface area (Å²) in [6, 6.07) is 8.10. The summed E-state index contributed by atoms with van der Waals surface area (Å²) in [5.41, 5.74) is 8.10. The third-order valence-corrected chi connectivity index (χ3v) is 5.89. The van der Waals surface area contributed by atoms with Crippen molar-refractivity contribution in [2.24, 2.45) is 23.5 Å². The standard InChI is InChI=1S/C19H25N5O.ClH/c1-12-23-21-11-24(12)17-7-3-6-16(10-17)22-19(25)15-8-13-4-2-5-14(9-15)18(13)20;/h3,6-7,10-11,13-15,18H,2,4-5,8-9,20H2,1H3,(H,22,25);1H. The van der Waals surface area contributed by atoms with Crippen LogP contribution in [0.3, 0.4) is 0 Å². The Bertz CT molecular complexity index is 763. The number of amides is 1. The highest BCUT2D eigenvalue weighted by molar-refractivity contribution is 5.92. The number of carbonyl (C=O) groups is 1. The van der Waals surface area contributed by atoms with Gasteiger partial charge in [-0.1, -0.05) is 12.5 Å². The number of aryl methyl sites for hydroxylation is 1. The Labute approximate surface area is 160 Å². The first kappa shape index (κ1) is 18.9. The molecule has 2 aliphatic rings. The zero-order valence-electron chi connectivity index (χ0n) is 15.0. The predicted molar refractivity (Wildman–Crippen MR) is 104 cm³/mol. The van der Waals surface area contributed by atoms with Crippen LogP contribution in [0.4, 0.5) is 5.69 Å². The summed E-state index contributed by atoms with van der Waals surface area (Å²) < 4.78 is 1.90. The van der Waals surface area contributed by atoms with Crippen molar-refractivity contribution in [1.29, 1.82) is 0 Å². The summed E-state index contributed by atoms with van der Waals surface area (Å²) in [6.07, 6.45) is 7.13. The second kappa shape index (κ2) is 7.76. The van der Waals surface area contributed by atoms with Crippen LogP contribution in [-0.4, -0.2) is 26.7 Å². The topological polar surface area (TPSA) is 85.8 Å². The van der Waals surface area contributed by atoms with E-state index in [9.17, 15) is 4.79 Å². The fourth-order valence-corrected chi connectivity index (χ4v) is 4.53. The molecule has 7 heteroatoms. The van der Waals surface area contributed by atoms with Crippen LogP contribution in [-0.2, 0) is 4.79 Å². The Kier molecular flexibility index (Phi) is 5.63. The van der Waals surface area contributed by atoms with E-state index in [2.05, 4.69) is 15.5 Å². The van der Waals surface area contributed by atoms with E-state index in [1.54, 1.807) is 6.33 Å². The Morgan fingerprint density at radius 2 is 2.00 bits per heavy atom. The lowest BCUT2D eigenvalue weighted by Gasteiger charge is -2.43. The van der Waals surface area contributed by atoms with Gasteiger partial charge in [-0.2, -0.15) is 0 Å². The number of hydrogen-bond donors (Lipinski definition) is 2. The molecule has 1 aromatic carbocycles. The highest BCUT2D eigenvalue weighted by atomic mass is 35.5. The minimum absolute atomic E-state index is 0. The van der Waals surface area contributed by atoms with E-state index >= 15 is 0 Å². The number of nitrogens with zero attached hydrogens (tertiary/aromatic N) is 3. The van der Waals surface area contributed by atoms with Crippen LogP contribution in [0.1, 0.15) is 37.9 Å². The number of halogens is 1. The Morgan fingerprint density at radius 3 is 2.65 bits per heavy atom. The number of rotatable bonds is 3. The van der Waals surface area contributed by atoms with Crippen LogP contribution in [0.25, 0.3) is 5.69 Å². The molecule has 0 aliphatic heterocycles. The van der Waals surface area contributed by atoms with Gasteiger partial charge in [-0.3, -0.25) is 9.36 Å². The summed E-state index contributed by atoms with van der Waals surface area (Å²) in [4.78, 5) is 12.8. The van der Waals surface area contributed by atoms with Crippen LogP contribution in [0.5, 0.6) is 0 Å². The largest absolute Gasteiger partial charge is 0.327 e. The number of fused-ring (bicyclic) bond motifs is 2. The first-order valence-electron chi connectivity index (χ1n) is 9.15. The summed E-state index contributed by atoms with van der Waals surface area (Å²) in [7, 11) is 0. The third-order valence-electron chi connectivity index (χ3n) is 5.89. The molecule has 140 valence electrons. The number of nitrogens with one attached hydrogen (secondary N) is 1. The smallest absolute Gasteiger partial charge is 0.227 e. The van der Waals surface area contributed by atoms with Crippen molar-refractivity contribution in [1.82, 2.24) is 14.8 Å². The molecule has 1 heterocycles. The number of benzene rings is 1. The normalized spacial score (nSPS) is 27.5. The quantitative estimate of drug-likeness (QED) is 0.863. The molecule has 0 saturated heterocycles. The number of nitrogens with two attached hydrogens (primary N) is 1. The monoisotopic (exact) mass is 375 g/mol. The number of hydrogen-bond acceptors (Lipinski definition) is 4. The summed E-state index contributed by atoms with van der Waals surface area (Å²) in [5.74, 6) is 2.04. The van der Waals surface area contributed by atoms with E-state index in [-0.39, 0.29) is 30.3 Å². The van der Waals surface area contributed by atoms with Gasteiger partial charge in [0.1, 0.15) is 12.2 Å². The number of carbonyl (C=O) groups excluding carboxylic acids is 1. The number of aromatic nitrogens is 3. The lowest BCUT2D eigenvalue weighted by molar-refractivity contribution is -0.122. The highest BCUT2D eigenvalue weighted by Crippen LogP contribution is 2.42. The maximum atomic E-state index is 12.8. The molecule has 6 nitrogen and oxygen atoms in total. The summed E-state index contributed by atoms with van der Waals surface area (Å²) in [6.45, 7) is 1.91. The Morgan fingerprint density at radius 1 is 1.27 bits per heavy atom. The maximum absolute atomic E-state index is 12.8. The molecule has 0 spiro atoms. The SMILES string of the molecule is Cc1nncn1-c1cccc(NC(=O)C2CC3CCCC(C2)C3N)c1.Cl. The van der Waals surface area contributed by atoms with Crippen LogP contribution in [0.15, 0.2) is 30.6 Å². The van der Waals surface area contributed by atoms with Gasteiger partial charge in [0.2, 0.25) is 5.91 Å². The molecular weight excluding hydrogens is 350 g/mol. The molecule has 26 heavy (non-hydrogen) atoms. The molecule has 1 aromatic heterocycles. The lowest BCUT2D eigenvalue weighted by atomic mass is 9.65. The van der Waals surface area contributed by atoms with Crippen molar-refractivity contribution in [2.75, 3.05) is 5.32 Å². The highest BCUT2D eigenvalue weighted by Gasteiger charge is 2.40. The average molecular weight is 376 g/mol. The molecule has 2 aromatic rings. The van der Waals surface area contributed by atoms with Crippen LogP contribution in [0, 0.1) is 24.7 Å². The Hall–Kier alpha value is -1.92. The van der Waals surface area contributed by atoms with Gasteiger partial charge in [0.15, 0.2) is 0 Å². The second-order valence-electron chi connectivity index (χ2n) is 7.48. The zero-order chi connectivity index (χ0) is 17.4. The lowest BCUT2D eigenvalue weighted by Crippen LogP contribution is -2.48. The molecule has 2 atom stereocenters. The number of anilines is 1. The van der Waals surface area contributed by atoms with Gasteiger partial charge in [0.05, 0.1) is 5.69 Å². The van der Waals surface area contributed by atoms with E-state index in [1.807, 2.05) is 35.8 Å². The van der Waals surface area contributed by atoms with E-state index in [1.165, 1.54) is 19.3 Å². The van der Waals surface area contributed by atoms with Crippen molar-refractivity contribution >= 4 is 24.0 Å². The van der Waals surface area contributed by atoms with Gasteiger partial charge >= 0.3 is 0 Å². The molecule has 1 amide bonds. The van der Waals surface area contributed by atoms with Gasteiger partial charge in [0.25, 0.3) is 0 Å². The van der Waals surface area contributed by atoms with Gasteiger partial charge in [-0.25, -0.2) is 0 Å². The van der Waals surface area contributed by atoms with E-state index in [4.69, 9.17) is 5.73 Å². The first-order chi connectivity index (χ1) is 12.1. The van der Waals surface area contributed by atoms with Gasteiger partial charge in [0, 0.05) is 17.6 Å². The third kappa shape index (κ3) is 3.62. The molecule has 2 aliphatic carbocycles. The van der Waals surface area contributed by atoms with Crippen LogP contribution < -0.4 is 11.1 Å². The minimum atomic E-state index is 0. The molecule has 2 bridgehead atoms. The molecule has 4 rings (SSSR count). The molecule has 3 N–H and O–H groups in total. The van der Waals surface area contributed by atoms with Crippen molar-refractivity contribution in [3.8, 4) is 5.69 Å². The minimum Gasteiger partial charge on any atom is -0.327 e.